The molecular weight excluding hydrogens is 248 g/mol. The minimum Gasteiger partial charge on any atom is -0.376 e. The van der Waals surface area contributed by atoms with Gasteiger partial charge in [-0.15, -0.1) is 6.42 Å². The van der Waals surface area contributed by atoms with E-state index in [0.29, 0.717) is 0 Å². The van der Waals surface area contributed by atoms with E-state index in [0.717, 1.165) is 22.5 Å². The van der Waals surface area contributed by atoms with E-state index in [-0.39, 0.29) is 12.5 Å². The van der Waals surface area contributed by atoms with Crippen molar-refractivity contribution in [2.24, 2.45) is 0 Å². The molecule has 0 aliphatic rings. The van der Waals surface area contributed by atoms with E-state index in [2.05, 4.69) is 16.6 Å². The molecule has 0 bridgehead atoms. The Hall–Kier alpha value is -2.73. The van der Waals surface area contributed by atoms with Crippen LogP contribution in [0.25, 0.3) is 0 Å². The molecule has 1 amide bonds. The number of terminal acetylenes is 1. The second kappa shape index (κ2) is 6.44. The average molecular weight is 264 g/mol. The fraction of sp³-hybridized carbons (Fsp3) is 0.118. The summed E-state index contributed by atoms with van der Waals surface area (Å²) < 4.78 is 0. The Morgan fingerprint density at radius 3 is 2.75 bits per heavy atom. The Bertz CT molecular complexity index is 656. The van der Waals surface area contributed by atoms with Crippen molar-refractivity contribution >= 4 is 17.3 Å². The predicted octanol–water partition coefficient (Wildman–Crippen LogP) is 3.03. The number of carbonyl (C=O) groups is 1. The topological polar surface area (TPSA) is 41.1 Å². The first kappa shape index (κ1) is 13.7. The van der Waals surface area contributed by atoms with Crippen LogP contribution in [0.4, 0.5) is 11.4 Å². The van der Waals surface area contributed by atoms with Gasteiger partial charge in [0.1, 0.15) is 0 Å². The summed E-state index contributed by atoms with van der Waals surface area (Å²) in [7, 11) is 0. The van der Waals surface area contributed by atoms with Gasteiger partial charge in [-0.05, 0) is 36.8 Å². The maximum Gasteiger partial charge on any atom is 0.243 e. The van der Waals surface area contributed by atoms with Gasteiger partial charge in [-0.1, -0.05) is 30.2 Å². The van der Waals surface area contributed by atoms with Crippen LogP contribution in [0.5, 0.6) is 0 Å². The summed E-state index contributed by atoms with van der Waals surface area (Å²) in [5.41, 5.74) is 3.49. The summed E-state index contributed by atoms with van der Waals surface area (Å²) in [6.07, 6.45) is 5.34. The van der Waals surface area contributed by atoms with Gasteiger partial charge in [0.15, 0.2) is 0 Å². The van der Waals surface area contributed by atoms with Gasteiger partial charge in [-0.25, -0.2) is 0 Å². The van der Waals surface area contributed by atoms with E-state index in [9.17, 15) is 4.79 Å². The second-order valence-corrected chi connectivity index (χ2v) is 4.44. The van der Waals surface area contributed by atoms with Gasteiger partial charge in [0, 0.05) is 16.9 Å². The van der Waals surface area contributed by atoms with Crippen molar-refractivity contribution in [2.45, 2.75) is 6.92 Å². The lowest BCUT2D eigenvalue weighted by Gasteiger charge is -2.09. The van der Waals surface area contributed by atoms with Crippen LogP contribution in [0, 0.1) is 19.3 Å². The third-order valence-corrected chi connectivity index (χ3v) is 2.90. The van der Waals surface area contributed by atoms with Crippen LogP contribution in [0.3, 0.4) is 0 Å². The zero-order valence-corrected chi connectivity index (χ0v) is 11.3. The fourth-order valence-electron chi connectivity index (χ4n) is 1.81. The fourth-order valence-corrected chi connectivity index (χ4v) is 1.81. The molecule has 0 spiro atoms. The van der Waals surface area contributed by atoms with E-state index < -0.39 is 0 Å². The van der Waals surface area contributed by atoms with E-state index >= 15 is 0 Å². The highest BCUT2D eigenvalue weighted by atomic mass is 16.1. The number of nitrogens with one attached hydrogen (secondary N) is 2. The van der Waals surface area contributed by atoms with Gasteiger partial charge in [-0.3, -0.25) is 4.79 Å². The van der Waals surface area contributed by atoms with Gasteiger partial charge in [-0.2, -0.15) is 0 Å². The molecule has 0 aromatic heterocycles. The number of hydrogen-bond acceptors (Lipinski definition) is 2. The molecule has 20 heavy (non-hydrogen) atoms. The first-order valence-electron chi connectivity index (χ1n) is 6.35. The van der Waals surface area contributed by atoms with E-state index in [4.69, 9.17) is 6.42 Å². The van der Waals surface area contributed by atoms with Crippen LogP contribution in [-0.2, 0) is 4.79 Å². The molecule has 0 fully saturated rings. The third-order valence-electron chi connectivity index (χ3n) is 2.90. The Morgan fingerprint density at radius 2 is 2.00 bits per heavy atom. The molecule has 0 heterocycles. The van der Waals surface area contributed by atoms with Crippen molar-refractivity contribution in [2.75, 3.05) is 17.2 Å². The van der Waals surface area contributed by atoms with Crippen LogP contribution in [0.2, 0.25) is 0 Å². The van der Waals surface area contributed by atoms with Crippen LogP contribution >= 0.6 is 0 Å². The van der Waals surface area contributed by atoms with Gasteiger partial charge in [0.05, 0.1) is 6.54 Å². The van der Waals surface area contributed by atoms with Crippen LogP contribution in [-0.4, -0.2) is 12.5 Å². The smallest absolute Gasteiger partial charge is 0.243 e. The van der Waals surface area contributed by atoms with Gasteiger partial charge < -0.3 is 10.6 Å². The molecule has 2 N–H and O–H groups in total. The van der Waals surface area contributed by atoms with E-state index in [1.165, 1.54) is 0 Å². The summed E-state index contributed by atoms with van der Waals surface area (Å²) in [6, 6.07) is 15.1. The quantitative estimate of drug-likeness (QED) is 0.833. The van der Waals surface area contributed by atoms with Gasteiger partial charge in [0.2, 0.25) is 5.91 Å². The lowest BCUT2D eigenvalue weighted by molar-refractivity contribution is -0.114. The van der Waals surface area contributed by atoms with E-state index in [1.54, 1.807) is 0 Å². The number of para-hydroxylation sites is 1. The largest absolute Gasteiger partial charge is 0.376 e. The minimum atomic E-state index is -0.0922. The van der Waals surface area contributed by atoms with Crippen molar-refractivity contribution < 1.29 is 4.79 Å². The molecule has 3 nitrogen and oxygen atoms in total. The van der Waals surface area contributed by atoms with Crippen LogP contribution in [0.15, 0.2) is 48.5 Å². The molecule has 2 aromatic carbocycles. The Kier molecular flexibility index (Phi) is 4.41. The number of anilines is 2. The normalized spacial score (nSPS) is 9.60. The van der Waals surface area contributed by atoms with Gasteiger partial charge >= 0.3 is 0 Å². The summed E-state index contributed by atoms with van der Waals surface area (Å²) >= 11 is 0. The highest BCUT2D eigenvalue weighted by Gasteiger charge is 2.04. The second-order valence-electron chi connectivity index (χ2n) is 4.44. The lowest BCUT2D eigenvalue weighted by atomic mass is 10.2. The van der Waals surface area contributed by atoms with Crippen LogP contribution < -0.4 is 10.6 Å². The minimum absolute atomic E-state index is 0.0922. The van der Waals surface area contributed by atoms with E-state index in [1.807, 2.05) is 55.5 Å². The zero-order chi connectivity index (χ0) is 14.4. The number of aryl methyl sites for hydroxylation is 1. The summed E-state index contributed by atoms with van der Waals surface area (Å²) in [5, 5.41) is 5.92. The SMILES string of the molecule is C#Cc1cccc(NCC(=O)Nc2ccccc2C)c1. The van der Waals surface area contributed by atoms with Crippen molar-refractivity contribution in [3.63, 3.8) is 0 Å². The standard InChI is InChI=1S/C17H16N2O/c1-3-14-8-6-9-15(11-14)18-12-17(20)19-16-10-5-4-7-13(16)2/h1,4-11,18H,12H2,2H3,(H,19,20). The lowest BCUT2D eigenvalue weighted by Crippen LogP contribution is -2.22. The molecule has 100 valence electrons. The maximum absolute atomic E-state index is 11.9. The molecule has 3 heteroatoms. The molecule has 0 aliphatic carbocycles. The molecule has 0 atom stereocenters. The molecule has 0 unspecified atom stereocenters. The van der Waals surface area contributed by atoms with Crippen molar-refractivity contribution in [1.82, 2.24) is 0 Å². The number of amides is 1. The summed E-state index contributed by atoms with van der Waals surface area (Å²) in [5.74, 6) is 2.47. The summed E-state index contributed by atoms with van der Waals surface area (Å²) in [4.78, 5) is 11.9. The molecule has 2 rings (SSSR count). The third kappa shape index (κ3) is 3.63. The first-order chi connectivity index (χ1) is 9.69. The molecule has 0 saturated heterocycles. The molecular formula is C17H16N2O. The molecule has 0 radical (unpaired) electrons. The van der Waals surface area contributed by atoms with Crippen LogP contribution in [0.1, 0.15) is 11.1 Å². The van der Waals surface area contributed by atoms with Crippen molar-refractivity contribution in [1.29, 1.82) is 0 Å². The maximum atomic E-state index is 11.9. The number of carbonyl (C=O) groups excluding carboxylic acids is 1. The first-order valence-corrected chi connectivity index (χ1v) is 6.35. The van der Waals surface area contributed by atoms with Crippen molar-refractivity contribution in [3.8, 4) is 12.3 Å². The number of hydrogen-bond donors (Lipinski definition) is 2. The van der Waals surface area contributed by atoms with Crippen molar-refractivity contribution in [3.05, 3.63) is 59.7 Å². The summed E-state index contributed by atoms with van der Waals surface area (Å²) in [6.45, 7) is 2.15. The predicted molar refractivity (Wildman–Crippen MR) is 82.7 cm³/mol. The Morgan fingerprint density at radius 1 is 1.20 bits per heavy atom. The number of rotatable bonds is 4. The zero-order valence-electron chi connectivity index (χ0n) is 11.3. The molecule has 2 aromatic rings. The highest BCUT2D eigenvalue weighted by molar-refractivity contribution is 5.94. The average Bonchev–Trinajstić information content (AvgIpc) is 2.48. The Balaban J connectivity index is 1.93. The van der Waals surface area contributed by atoms with Gasteiger partial charge in [0.25, 0.3) is 0 Å². The Labute approximate surface area is 119 Å². The number of benzene rings is 2. The highest BCUT2D eigenvalue weighted by Crippen LogP contribution is 2.13. The monoisotopic (exact) mass is 264 g/mol. The molecule has 0 aliphatic heterocycles. The molecule has 0 saturated carbocycles.